The number of ether oxygens (including phenoxy) is 14. The molecule has 0 aromatic rings. The van der Waals surface area contributed by atoms with Crippen LogP contribution in [0.15, 0.2) is 11.6 Å². The first-order chi connectivity index (χ1) is 46.9. The summed E-state index contributed by atoms with van der Waals surface area (Å²) in [5.41, 5.74) is -5.73. The minimum absolute atomic E-state index is 0.0965. The van der Waals surface area contributed by atoms with Gasteiger partial charge >= 0.3 is 5.97 Å². The molecule has 100 heavy (non-hydrogen) atoms. The molecule has 0 bridgehead atoms. The third-order valence-electron chi connectivity index (χ3n) is 26.4. The van der Waals surface area contributed by atoms with Crippen LogP contribution in [-0.2, 0) is 71.1 Å². The molecule has 12 rings (SSSR count). The summed E-state index contributed by atoms with van der Waals surface area (Å²) in [6.07, 6.45) is -36.3. The molecule has 0 amide bonds. The quantitative estimate of drug-likeness (QED) is 0.0375. The van der Waals surface area contributed by atoms with E-state index >= 15 is 4.79 Å². The van der Waals surface area contributed by atoms with Gasteiger partial charge in [-0.25, -0.2) is 0 Å². The van der Waals surface area contributed by atoms with Crippen molar-refractivity contribution in [2.45, 2.75) is 310 Å². The molecule has 37 atom stereocenters. The molecule has 7 aliphatic heterocycles. The van der Waals surface area contributed by atoms with E-state index in [1.54, 1.807) is 0 Å². The third-order valence-corrected chi connectivity index (χ3v) is 26.4. The second-order valence-electron chi connectivity index (χ2n) is 33.1. The van der Waals surface area contributed by atoms with Crippen LogP contribution in [0.25, 0.3) is 0 Å². The van der Waals surface area contributed by atoms with Crippen LogP contribution in [-0.4, -0.2) is 322 Å². The van der Waals surface area contributed by atoms with Crippen LogP contribution >= 0.6 is 0 Å². The van der Waals surface area contributed by atoms with Gasteiger partial charge in [-0.15, -0.1) is 0 Å². The van der Waals surface area contributed by atoms with Crippen molar-refractivity contribution >= 4 is 5.97 Å². The lowest BCUT2D eigenvalue weighted by atomic mass is 9.33. The van der Waals surface area contributed by atoms with Crippen LogP contribution in [0.4, 0.5) is 0 Å². The van der Waals surface area contributed by atoms with Crippen LogP contribution in [0.1, 0.15) is 127 Å². The van der Waals surface area contributed by atoms with Gasteiger partial charge in [0.2, 0.25) is 6.29 Å². The Morgan fingerprint density at radius 1 is 0.500 bits per heavy atom. The predicted molar refractivity (Wildman–Crippen MR) is 334 cm³/mol. The van der Waals surface area contributed by atoms with Crippen LogP contribution in [0, 0.1) is 50.2 Å². The lowest BCUT2D eigenvalue weighted by molar-refractivity contribution is -0.393. The molecule has 5 aliphatic carbocycles. The molecule has 32 heteroatoms. The Kier molecular flexibility index (Phi) is 22.2. The maximum atomic E-state index is 15.7. The minimum atomic E-state index is -2.12. The molecule has 1 unspecified atom stereocenters. The van der Waals surface area contributed by atoms with Gasteiger partial charge in [0.15, 0.2) is 43.8 Å². The lowest BCUT2D eigenvalue weighted by Gasteiger charge is -2.71. The number of allylic oxidation sites excluding steroid dienone is 2. The molecule has 7 saturated heterocycles. The first-order valence-electron chi connectivity index (χ1n) is 35.6. The SMILES string of the molecule is C[C@@H]1O[C@@H](O[C@H]2[C@@H](O)[C@H](O[C@H]3[C@H](OC(=O)[C@]45CCC(C)(C)C[C@H]4C4=CC[C@@H]6[C@@]7(C)CCC(O[C@@H]8O[C@H](CO)[C@@H](O)[C@H](O[C@@H]9OC[C@](O)(CO)[C@H]9O)[C@H]8O)C(C)(C)[C@@H]7CC[C@@]6(C)[C@]4(C)CC5)OC[C@@H](O)[C@@H]3O)O[C@@H](C)[C@@H]2O[C@@H]2OC[C@@H](O)[C@H](O[C@@H]3OC[C@](O)(CO)[C@H]3O)[C@H]2O)[C@H](O)[C@H](O)[C@H]1O. The largest absolute Gasteiger partial charge is 0.432 e. The number of aliphatic hydroxyl groups excluding tert-OH is 15. The highest BCUT2D eigenvalue weighted by Gasteiger charge is 2.71. The van der Waals surface area contributed by atoms with Gasteiger partial charge in [0.1, 0.15) is 115 Å². The topological polar surface area (TPSA) is 490 Å². The minimum Gasteiger partial charge on any atom is -0.432 e. The van der Waals surface area contributed by atoms with E-state index in [9.17, 15) is 86.8 Å². The monoisotopic (exact) mass is 1440 g/mol. The van der Waals surface area contributed by atoms with Crippen molar-refractivity contribution in [1.29, 1.82) is 0 Å². The van der Waals surface area contributed by atoms with Gasteiger partial charge in [0.05, 0.1) is 70.0 Å². The average Bonchev–Trinajstić information content (AvgIpc) is 0.770. The summed E-state index contributed by atoms with van der Waals surface area (Å²) < 4.78 is 84.5. The number of hydrogen-bond donors (Lipinski definition) is 17. The highest BCUT2D eigenvalue weighted by molar-refractivity contribution is 5.79. The van der Waals surface area contributed by atoms with Gasteiger partial charge in [0.25, 0.3) is 0 Å². The molecule has 7 heterocycles. The Hall–Kier alpha value is -1.99. The zero-order valence-electron chi connectivity index (χ0n) is 58.2. The zero-order chi connectivity index (χ0) is 72.7. The van der Waals surface area contributed by atoms with E-state index in [4.69, 9.17) is 66.3 Å². The molecule has 0 spiro atoms. The molecule has 0 radical (unpaired) electrons. The van der Waals surface area contributed by atoms with Crippen molar-refractivity contribution in [3.8, 4) is 0 Å². The normalized spacial score (nSPS) is 54.6. The number of esters is 1. The van der Waals surface area contributed by atoms with Crippen molar-refractivity contribution in [1.82, 2.24) is 0 Å². The second-order valence-corrected chi connectivity index (χ2v) is 33.1. The first-order valence-corrected chi connectivity index (χ1v) is 35.6. The zero-order valence-corrected chi connectivity index (χ0v) is 58.2. The maximum absolute atomic E-state index is 15.7. The van der Waals surface area contributed by atoms with Crippen molar-refractivity contribution in [2.24, 2.45) is 50.2 Å². The summed E-state index contributed by atoms with van der Waals surface area (Å²) in [4.78, 5) is 15.7. The van der Waals surface area contributed by atoms with Crippen LogP contribution < -0.4 is 0 Å². The Labute approximate surface area is 580 Å². The molecule has 0 aromatic carbocycles. The van der Waals surface area contributed by atoms with Crippen molar-refractivity contribution in [3.63, 3.8) is 0 Å². The highest BCUT2D eigenvalue weighted by atomic mass is 16.8. The number of aliphatic hydroxyl groups is 17. The predicted octanol–water partition coefficient (Wildman–Crippen LogP) is -3.95. The Morgan fingerprint density at radius 3 is 1.69 bits per heavy atom. The first kappa shape index (κ1) is 77.6. The summed E-state index contributed by atoms with van der Waals surface area (Å²) in [7, 11) is 0. The molecule has 12 aliphatic rings. The molecular formula is C68H110O32. The fourth-order valence-corrected chi connectivity index (χ4v) is 19.8. The average molecular weight is 1440 g/mol. The number of rotatable bonds is 17. The van der Waals surface area contributed by atoms with E-state index in [-0.39, 0.29) is 34.0 Å². The van der Waals surface area contributed by atoms with Crippen molar-refractivity contribution in [2.75, 3.05) is 46.2 Å². The number of carbonyl (C=O) groups is 1. The summed E-state index contributed by atoms with van der Waals surface area (Å²) >= 11 is 0. The van der Waals surface area contributed by atoms with Crippen LogP contribution in [0.3, 0.4) is 0 Å². The number of hydrogen-bond acceptors (Lipinski definition) is 32. The summed E-state index contributed by atoms with van der Waals surface area (Å²) in [5.74, 6) is -0.653. The van der Waals surface area contributed by atoms with E-state index in [0.29, 0.717) is 44.9 Å². The smallest absolute Gasteiger partial charge is 0.315 e. The van der Waals surface area contributed by atoms with Gasteiger partial charge in [0, 0.05) is 0 Å². The van der Waals surface area contributed by atoms with Crippen molar-refractivity contribution in [3.05, 3.63) is 11.6 Å². The second kappa shape index (κ2) is 28.5. The summed E-state index contributed by atoms with van der Waals surface area (Å²) in [5, 5.41) is 186. The standard InChI is InChI=1S/C68H110O32/c1-28-38(74)41(77)42(78)54(91-28)98-49-45(81)55(92-29(2)46(49)95-53-43(79)47(33(73)23-87-53)96-58-51(82)67(85,24-70)26-89-58)99-50-39(75)32(72)22-88-57(50)100-60(84)66-18-16-61(3,4)20-31(66)30-10-11-36-63(7)14-13-37(62(5,6)35(63)12-15-65(36,9)64(30,8)17-19-66)94-56-44(80)48(40(76)34(21-69)93-56)97-59-52(83)68(86,25-71)27-90-59/h10,28-29,31-59,69-83,85-86H,11-27H2,1-9H3/t28-,29-,31-,32+,33+,34+,35-,36+,37?,38-,39-,40+,41+,42+,43+,44+,45+,46-,47-,48-,49-,50+,51-,52-,53-,54-,55-,56-,57-,58-,59-,63-,64+,65+,66-,67+,68+/m0/s1. The third kappa shape index (κ3) is 13.1. The maximum Gasteiger partial charge on any atom is 0.315 e. The van der Waals surface area contributed by atoms with E-state index in [1.807, 2.05) is 0 Å². The Morgan fingerprint density at radius 2 is 1.05 bits per heavy atom. The lowest BCUT2D eigenvalue weighted by Crippen LogP contribution is -2.67. The van der Waals surface area contributed by atoms with Gasteiger partial charge in [-0.1, -0.05) is 60.1 Å². The highest BCUT2D eigenvalue weighted by Crippen LogP contribution is 2.76. The number of carbonyl (C=O) groups excluding carboxylic acids is 1. The van der Waals surface area contributed by atoms with E-state index in [2.05, 4.69) is 54.5 Å². The molecule has 32 nitrogen and oxygen atoms in total. The summed E-state index contributed by atoms with van der Waals surface area (Å²) in [6.45, 7) is 14.2. The number of fused-ring (bicyclic) bond motifs is 7. The van der Waals surface area contributed by atoms with Crippen LogP contribution in [0.2, 0.25) is 0 Å². The van der Waals surface area contributed by atoms with E-state index < -0.39 is 252 Å². The summed E-state index contributed by atoms with van der Waals surface area (Å²) in [6, 6.07) is 0. The molecule has 0 aromatic heterocycles. The van der Waals surface area contributed by atoms with E-state index in [1.165, 1.54) is 19.4 Å². The van der Waals surface area contributed by atoms with Crippen LogP contribution in [0.5, 0.6) is 0 Å². The van der Waals surface area contributed by atoms with Gasteiger partial charge in [-0.2, -0.15) is 0 Å². The Bertz CT molecular complexity index is 2880. The molecule has 574 valence electrons. The van der Waals surface area contributed by atoms with Gasteiger partial charge < -0.3 is 153 Å². The molecular weight excluding hydrogens is 1330 g/mol. The molecule has 17 N–H and O–H groups in total. The van der Waals surface area contributed by atoms with Gasteiger partial charge in [-0.3, -0.25) is 4.79 Å². The molecule has 11 fully saturated rings. The van der Waals surface area contributed by atoms with Crippen molar-refractivity contribution < 1.29 is 158 Å². The fourth-order valence-electron chi connectivity index (χ4n) is 19.8. The fraction of sp³-hybridized carbons (Fsp3) is 0.956. The molecule has 4 saturated carbocycles. The van der Waals surface area contributed by atoms with Gasteiger partial charge in [-0.05, 0) is 123 Å². The van der Waals surface area contributed by atoms with E-state index in [0.717, 1.165) is 19.3 Å². The Balaban J connectivity index is 0.762.